The molecule has 29 nitrogen and oxygen atoms in total. The lowest BCUT2D eigenvalue weighted by Gasteiger charge is -2.26. The van der Waals surface area contributed by atoms with E-state index in [1.54, 1.807) is 57.1 Å². The average molecular weight is 1350 g/mol. The highest BCUT2D eigenvalue weighted by Crippen LogP contribution is 2.36. The number of nitrogens with zero attached hydrogens (tertiary/aromatic N) is 13. The maximum absolute atomic E-state index is 12.0. The van der Waals surface area contributed by atoms with Crippen LogP contribution in [0.15, 0.2) is 153 Å². The first-order chi connectivity index (χ1) is 48.9. The molecule has 0 spiro atoms. The fourth-order valence-corrected chi connectivity index (χ4v) is 11.0. The number of fused-ring (bicyclic) bond motifs is 3. The second-order valence-electron chi connectivity index (χ2n) is 22.7. The van der Waals surface area contributed by atoms with Crippen LogP contribution in [0.4, 0.5) is 32.2 Å². The van der Waals surface area contributed by atoms with Crippen LogP contribution in [0, 0.1) is 0 Å². The maximum atomic E-state index is 12.0. The summed E-state index contributed by atoms with van der Waals surface area (Å²) in [4.78, 5) is 111. The Morgan fingerprint density at radius 3 is 1.35 bits per heavy atom. The Bertz CT molecular complexity index is 4740. The standard InChI is InChI=1S/C25H28N8O3.C24H25N7O3.C22H19N5O3/c1-2-26-24(34)32-23-30-21-14-17(13-19(22(21)31-23)20-5-3-4-6-27-20)18-15-28-25(29-16-18)36-12-9-33-7-10-35-11-8-33;1-2-34-24(32)30-23-28-20-12-16(11-18(22(20)29-23)19-5-3-4-6-25-19)17-13-26-21(27-14-17)15-31-7-9-33-10-8-31;1-3-30-22(29)27-21-25-19-11-15(14-7-8-17(13(2)28)24-12-14)10-16(20(19)26-21)18-6-4-5-9-23-18/h3-6,13-16H,2,7-12H2,1H3,(H3,26,30,31,32,34);3-6,11-14H,2,7-10,15H2,1H3,(H2,28,29,30,32);4-12H,3H2,1-2H3,(H2,25,26,27,29). The highest BCUT2D eigenvalue weighted by atomic mass is 16.6. The van der Waals surface area contributed by atoms with Crippen molar-refractivity contribution in [3.63, 3.8) is 0 Å². The van der Waals surface area contributed by atoms with Crippen LogP contribution in [0.1, 0.15) is 44.0 Å². The molecule has 7 N–H and O–H groups in total. The van der Waals surface area contributed by atoms with Crippen LogP contribution >= 0.6 is 0 Å². The molecule has 0 atom stereocenters. The summed E-state index contributed by atoms with van der Waals surface area (Å²) in [6.07, 6.45) is 12.8. The average Bonchev–Trinajstić information content (AvgIpc) is 1.43. The molecule has 12 aromatic rings. The third-order valence-electron chi connectivity index (χ3n) is 15.8. The number of hydrogen-bond acceptors (Lipinski definition) is 22. The van der Waals surface area contributed by atoms with Crippen LogP contribution in [-0.2, 0) is 25.5 Å². The molecule has 4 amide bonds. The van der Waals surface area contributed by atoms with Crippen LogP contribution < -0.4 is 26.0 Å². The van der Waals surface area contributed by atoms with E-state index < -0.39 is 12.2 Å². The van der Waals surface area contributed by atoms with Crippen molar-refractivity contribution >= 4 is 74.9 Å². The summed E-state index contributed by atoms with van der Waals surface area (Å²) in [6, 6.07) is 32.4. The summed E-state index contributed by atoms with van der Waals surface area (Å²) < 4.78 is 26.4. The fourth-order valence-electron chi connectivity index (χ4n) is 11.0. The lowest BCUT2D eigenvalue weighted by atomic mass is 10.0. The van der Waals surface area contributed by atoms with Gasteiger partial charge in [-0.2, -0.15) is 0 Å². The minimum Gasteiger partial charge on any atom is -0.462 e. The molecule has 0 bridgehead atoms. The summed E-state index contributed by atoms with van der Waals surface area (Å²) in [5.74, 6) is 1.63. The fraction of sp³-hybridized carbons (Fsp3) is 0.254. The smallest absolute Gasteiger partial charge is 0.413 e. The first-order valence-corrected chi connectivity index (χ1v) is 32.6. The van der Waals surface area contributed by atoms with E-state index in [4.69, 9.17) is 23.7 Å². The van der Waals surface area contributed by atoms with Gasteiger partial charge in [0.25, 0.3) is 0 Å². The minimum absolute atomic E-state index is 0.0885. The summed E-state index contributed by atoms with van der Waals surface area (Å²) >= 11 is 0. The summed E-state index contributed by atoms with van der Waals surface area (Å²) in [6.45, 7) is 16.5. The summed E-state index contributed by atoms with van der Waals surface area (Å²) in [5, 5.41) is 10.7. The highest BCUT2D eigenvalue weighted by molar-refractivity contribution is 6.01. The Labute approximate surface area is 573 Å². The lowest BCUT2D eigenvalue weighted by molar-refractivity contribution is 0.0317. The number of anilines is 3. The Morgan fingerprint density at radius 1 is 0.490 bits per heavy atom. The zero-order valence-corrected chi connectivity index (χ0v) is 55.3. The number of urea groups is 1. The van der Waals surface area contributed by atoms with Crippen molar-refractivity contribution in [1.29, 1.82) is 0 Å². The van der Waals surface area contributed by atoms with E-state index in [0.717, 1.165) is 149 Å². The quantitative estimate of drug-likeness (QED) is 0.0370. The molecule has 0 radical (unpaired) electrons. The molecule has 3 aromatic carbocycles. The molecule has 100 heavy (non-hydrogen) atoms. The first-order valence-electron chi connectivity index (χ1n) is 32.6. The molecule has 2 aliphatic rings. The SMILES string of the molecule is CCNC(=O)Nc1nc2c(-c3ccccn3)cc(-c3cnc(OCCN4CCOCC4)nc3)cc2[nH]1.CCOC(=O)Nc1nc2c(-c3ccccn3)cc(-c3ccc(C(C)=O)nc3)cc2[nH]1.CCOC(=O)Nc1nc2c(-c3ccccn3)cc(-c3cnc(CN4CCOCC4)nc3)cc2[nH]1. The van der Waals surface area contributed by atoms with Gasteiger partial charge in [0.05, 0.1) is 96.4 Å². The summed E-state index contributed by atoms with van der Waals surface area (Å²) in [5.41, 5.74) is 14.6. The number of amides is 4. The molecule has 510 valence electrons. The van der Waals surface area contributed by atoms with E-state index in [9.17, 15) is 19.2 Å². The number of carbonyl (C=O) groups is 4. The maximum Gasteiger partial charge on any atom is 0.413 e. The number of hydrogen-bond donors (Lipinski definition) is 7. The number of Topliss-reactive ketones (excluding diaryl/α,β-unsaturated/α-hetero) is 1. The molecule has 29 heteroatoms. The first kappa shape index (κ1) is 67.9. The van der Waals surface area contributed by atoms with Gasteiger partial charge in [-0.25, -0.2) is 49.3 Å². The van der Waals surface area contributed by atoms with Crippen molar-refractivity contribution in [2.24, 2.45) is 0 Å². The van der Waals surface area contributed by atoms with E-state index in [1.807, 2.05) is 116 Å². The largest absolute Gasteiger partial charge is 0.462 e. The molecule has 2 aliphatic heterocycles. The van der Waals surface area contributed by atoms with Gasteiger partial charge < -0.3 is 44.0 Å². The van der Waals surface area contributed by atoms with Gasteiger partial charge in [0, 0.05) is 129 Å². The number of morpholine rings is 2. The van der Waals surface area contributed by atoms with Crippen molar-refractivity contribution in [3.8, 4) is 73.2 Å². The zero-order chi connectivity index (χ0) is 69.2. The third-order valence-corrected chi connectivity index (χ3v) is 15.8. The van der Waals surface area contributed by atoms with Gasteiger partial charge in [0.15, 0.2) is 5.78 Å². The van der Waals surface area contributed by atoms with E-state index >= 15 is 0 Å². The van der Waals surface area contributed by atoms with Gasteiger partial charge >= 0.3 is 24.2 Å². The Morgan fingerprint density at radius 2 is 0.930 bits per heavy atom. The molecule has 0 unspecified atom stereocenters. The van der Waals surface area contributed by atoms with Crippen LogP contribution in [0.5, 0.6) is 6.01 Å². The van der Waals surface area contributed by atoms with Gasteiger partial charge in [-0.1, -0.05) is 24.3 Å². The number of ketones is 1. The molecule has 0 saturated carbocycles. The topological polar surface area (TPSA) is 358 Å². The van der Waals surface area contributed by atoms with Crippen LogP contribution in [0.25, 0.3) is 100 Å². The number of H-pyrrole nitrogens is 3. The Balaban J connectivity index is 0.000000143. The van der Waals surface area contributed by atoms with Gasteiger partial charge in [-0.15, -0.1) is 0 Å². The Hall–Kier alpha value is -12.1. The molecule has 9 aromatic heterocycles. The normalized spacial score (nSPS) is 13.1. The van der Waals surface area contributed by atoms with Crippen molar-refractivity contribution in [3.05, 3.63) is 164 Å². The van der Waals surface area contributed by atoms with E-state index in [-0.39, 0.29) is 31.0 Å². The molecular formula is C71H72N20O9. The number of imidazole rings is 3. The van der Waals surface area contributed by atoms with Gasteiger partial charge in [0.1, 0.15) is 18.1 Å². The van der Waals surface area contributed by atoms with Gasteiger partial charge in [-0.05, 0) is 116 Å². The van der Waals surface area contributed by atoms with Crippen molar-refractivity contribution in [1.82, 2.24) is 84.9 Å². The number of aromatic nitrogens is 14. The number of ether oxygens (including phenoxy) is 5. The number of benzene rings is 3. The second kappa shape index (κ2) is 32.8. The number of rotatable bonds is 19. The van der Waals surface area contributed by atoms with Gasteiger partial charge in [-0.3, -0.25) is 50.5 Å². The van der Waals surface area contributed by atoms with Crippen molar-refractivity contribution < 1.29 is 42.9 Å². The van der Waals surface area contributed by atoms with Crippen molar-refractivity contribution in [2.45, 2.75) is 34.2 Å². The molecule has 0 aliphatic carbocycles. The van der Waals surface area contributed by atoms with Crippen molar-refractivity contribution in [2.75, 3.05) is 101 Å². The monoisotopic (exact) mass is 1350 g/mol. The van der Waals surface area contributed by atoms with Gasteiger partial charge in [0.2, 0.25) is 17.8 Å². The third kappa shape index (κ3) is 17.4. The lowest BCUT2D eigenvalue weighted by Crippen LogP contribution is -2.38. The number of pyridine rings is 4. The predicted octanol–water partition coefficient (Wildman–Crippen LogP) is 10.9. The second-order valence-corrected chi connectivity index (χ2v) is 22.7. The number of carbonyl (C=O) groups excluding carboxylic acids is 4. The van der Waals surface area contributed by atoms with E-state index in [1.165, 1.54) is 6.92 Å². The van der Waals surface area contributed by atoms with E-state index in [2.05, 4.69) is 101 Å². The molecule has 14 rings (SSSR count). The minimum atomic E-state index is -0.583. The molecule has 2 fully saturated rings. The molecule has 2 saturated heterocycles. The van der Waals surface area contributed by atoms with Crippen LogP contribution in [0.3, 0.4) is 0 Å². The Kier molecular flexibility index (Phi) is 22.3. The van der Waals surface area contributed by atoms with Crippen LogP contribution in [0.2, 0.25) is 0 Å². The molecule has 11 heterocycles. The number of nitrogens with one attached hydrogen (secondary N) is 7. The highest BCUT2D eigenvalue weighted by Gasteiger charge is 2.21. The molecular weight excluding hydrogens is 1280 g/mol. The van der Waals surface area contributed by atoms with E-state index in [0.29, 0.717) is 59.8 Å². The zero-order valence-electron chi connectivity index (χ0n) is 55.3. The summed E-state index contributed by atoms with van der Waals surface area (Å²) in [7, 11) is 0. The van der Waals surface area contributed by atoms with Crippen LogP contribution in [-0.4, -0.2) is 189 Å². The number of aromatic amines is 3. The predicted molar refractivity (Wildman–Crippen MR) is 376 cm³/mol.